The Morgan fingerprint density at radius 2 is 2.00 bits per heavy atom. The molecule has 5 nitrogen and oxygen atoms in total. The molecule has 1 atom stereocenters. The minimum atomic E-state index is -0.168. The number of pyridine rings is 1. The quantitative estimate of drug-likeness (QED) is 0.728. The topological polar surface area (TPSA) is 54.5 Å². The van der Waals surface area contributed by atoms with Crippen LogP contribution in [0.15, 0.2) is 48.5 Å². The molecule has 1 amide bonds. The van der Waals surface area contributed by atoms with Gasteiger partial charge in [0.2, 0.25) is 5.91 Å². The van der Waals surface area contributed by atoms with Gasteiger partial charge in [-0.1, -0.05) is 23.7 Å². The number of rotatable bonds is 4. The van der Waals surface area contributed by atoms with Crippen LogP contribution in [0.1, 0.15) is 12.5 Å². The van der Waals surface area contributed by atoms with Crippen LogP contribution in [0, 0.1) is 0 Å². The molecule has 0 saturated carbocycles. The third-order valence-corrected chi connectivity index (χ3v) is 5.47. The Morgan fingerprint density at radius 3 is 2.75 bits per heavy atom. The molecule has 1 aliphatic rings. The van der Waals surface area contributed by atoms with E-state index in [1.165, 1.54) is 0 Å². The highest BCUT2D eigenvalue weighted by atomic mass is 35.5. The van der Waals surface area contributed by atoms with Crippen molar-refractivity contribution in [3.05, 3.63) is 59.1 Å². The largest absolute Gasteiger partial charge is 0.497 e. The molecule has 1 saturated heterocycles. The number of piperazine rings is 1. The van der Waals surface area contributed by atoms with Crippen LogP contribution >= 0.6 is 11.6 Å². The van der Waals surface area contributed by atoms with E-state index in [0.717, 1.165) is 40.0 Å². The summed E-state index contributed by atoms with van der Waals surface area (Å²) < 4.78 is 5.35. The van der Waals surface area contributed by atoms with Crippen molar-refractivity contribution in [2.75, 3.05) is 20.2 Å². The highest BCUT2D eigenvalue weighted by Crippen LogP contribution is 2.30. The molecule has 144 valence electrons. The third kappa shape index (κ3) is 3.68. The number of carbonyl (C=O) groups excluding carboxylic acids is 1. The summed E-state index contributed by atoms with van der Waals surface area (Å²) in [5.41, 5.74) is 3.85. The summed E-state index contributed by atoms with van der Waals surface area (Å²) in [6.45, 7) is 4.07. The van der Waals surface area contributed by atoms with Gasteiger partial charge in [-0.2, -0.15) is 0 Å². The van der Waals surface area contributed by atoms with E-state index in [0.29, 0.717) is 18.1 Å². The molecule has 4 rings (SSSR count). The molecule has 1 fully saturated rings. The zero-order valence-electron chi connectivity index (χ0n) is 15.9. The van der Waals surface area contributed by atoms with E-state index in [9.17, 15) is 4.79 Å². The van der Waals surface area contributed by atoms with Gasteiger partial charge in [-0.15, -0.1) is 0 Å². The Balaban J connectivity index is 1.81. The molecule has 1 aromatic heterocycles. The van der Waals surface area contributed by atoms with E-state index in [2.05, 4.69) is 16.3 Å². The number of halogens is 1. The molecule has 6 heteroatoms. The van der Waals surface area contributed by atoms with Gasteiger partial charge in [0.05, 0.1) is 24.4 Å². The van der Waals surface area contributed by atoms with E-state index in [4.69, 9.17) is 21.3 Å². The van der Waals surface area contributed by atoms with E-state index in [1.807, 2.05) is 49.4 Å². The van der Waals surface area contributed by atoms with Crippen LogP contribution in [0.4, 0.5) is 0 Å². The number of hydrogen-bond acceptors (Lipinski definition) is 4. The van der Waals surface area contributed by atoms with Crippen molar-refractivity contribution in [2.45, 2.75) is 19.5 Å². The molecule has 0 aliphatic carbocycles. The normalized spacial score (nSPS) is 17.5. The second-order valence-electron chi connectivity index (χ2n) is 7.00. The van der Waals surface area contributed by atoms with Crippen LogP contribution in [0.25, 0.3) is 22.2 Å². The summed E-state index contributed by atoms with van der Waals surface area (Å²) in [6.07, 6.45) is 0. The van der Waals surface area contributed by atoms with Gasteiger partial charge in [0.15, 0.2) is 0 Å². The molecule has 0 spiro atoms. The predicted molar refractivity (Wildman–Crippen MR) is 112 cm³/mol. The average molecular weight is 396 g/mol. The number of methoxy groups -OCH3 is 1. The summed E-state index contributed by atoms with van der Waals surface area (Å²) in [7, 11) is 1.65. The van der Waals surface area contributed by atoms with Crippen molar-refractivity contribution >= 4 is 28.4 Å². The number of nitrogens with zero attached hydrogens (tertiary/aromatic N) is 2. The predicted octanol–water partition coefficient (Wildman–Crippen LogP) is 3.88. The number of benzene rings is 2. The zero-order valence-corrected chi connectivity index (χ0v) is 16.7. The lowest BCUT2D eigenvalue weighted by molar-refractivity contribution is -0.128. The summed E-state index contributed by atoms with van der Waals surface area (Å²) in [4.78, 5) is 19.2. The van der Waals surface area contributed by atoms with Crippen LogP contribution in [0.3, 0.4) is 0 Å². The van der Waals surface area contributed by atoms with Crippen molar-refractivity contribution < 1.29 is 9.53 Å². The first kappa shape index (κ1) is 18.7. The second kappa shape index (κ2) is 7.78. The number of aromatic nitrogens is 1. The molecule has 28 heavy (non-hydrogen) atoms. The van der Waals surface area contributed by atoms with Crippen molar-refractivity contribution in [3.63, 3.8) is 0 Å². The van der Waals surface area contributed by atoms with Gasteiger partial charge >= 0.3 is 0 Å². The van der Waals surface area contributed by atoms with Crippen LogP contribution in [0.5, 0.6) is 5.75 Å². The Morgan fingerprint density at radius 1 is 1.21 bits per heavy atom. The maximum atomic E-state index is 12.1. The third-order valence-electron chi connectivity index (χ3n) is 5.22. The minimum Gasteiger partial charge on any atom is -0.497 e. The Hall–Kier alpha value is -2.63. The summed E-state index contributed by atoms with van der Waals surface area (Å²) >= 11 is 6.07. The summed E-state index contributed by atoms with van der Waals surface area (Å²) in [6, 6.07) is 15.6. The lowest BCUT2D eigenvalue weighted by Gasteiger charge is -2.33. The van der Waals surface area contributed by atoms with E-state index >= 15 is 0 Å². The number of hydrogen-bond donors (Lipinski definition) is 1. The fraction of sp³-hybridized carbons (Fsp3) is 0.273. The monoisotopic (exact) mass is 395 g/mol. The fourth-order valence-corrected chi connectivity index (χ4v) is 3.69. The maximum absolute atomic E-state index is 12.1. The smallest absolute Gasteiger partial charge is 0.237 e. The van der Waals surface area contributed by atoms with Crippen molar-refractivity contribution in [1.82, 2.24) is 15.2 Å². The van der Waals surface area contributed by atoms with E-state index in [1.54, 1.807) is 7.11 Å². The first-order valence-corrected chi connectivity index (χ1v) is 9.68. The number of ether oxygens (including phenoxy) is 1. The lowest BCUT2D eigenvalue weighted by atomic mass is 10.0. The van der Waals surface area contributed by atoms with Gasteiger partial charge < -0.3 is 10.1 Å². The molecule has 1 unspecified atom stereocenters. The van der Waals surface area contributed by atoms with E-state index < -0.39 is 0 Å². The van der Waals surface area contributed by atoms with Crippen LogP contribution < -0.4 is 10.1 Å². The van der Waals surface area contributed by atoms with Crippen molar-refractivity contribution in [3.8, 4) is 17.0 Å². The Labute approximate surface area is 169 Å². The Kier molecular flexibility index (Phi) is 5.20. The van der Waals surface area contributed by atoms with E-state index in [-0.39, 0.29) is 11.9 Å². The molecule has 2 heterocycles. The van der Waals surface area contributed by atoms with Gasteiger partial charge in [0, 0.05) is 41.7 Å². The van der Waals surface area contributed by atoms with Gasteiger partial charge in [-0.05, 0) is 42.8 Å². The molecule has 1 N–H and O–H groups in total. The Bertz CT molecular complexity index is 1020. The molecule has 2 aromatic carbocycles. The summed E-state index contributed by atoms with van der Waals surface area (Å²) in [5, 5.41) is 4.65. The van der Waals surface area contributed by atoms with Gasteiger partial charge in [-0.3, -0.25) is 9.69 Å². The number of carbonyl (C=O) groups is 1. The second-order valence-corrected chi connectivity index (χ2v) is 7.44. The molecule has 0 radical (unpaired) electrons. The molecule has 1 aliphatic heterocycles. The SMILES string of the molecule is COc1ccc2cc(CN3CCNC(=O)C3C)c(-c3ccc(Cl)cc3)nc2c1. The van der Waals surface area contributed by atoms with Crippen LogP contribution in [-0.2, 0) is 11.3 Å². The standard InChI is InChI=1S/C22H22ClN3O2/c1-14-22(27)24-9-10-26(14)13-17-11-16-5-8-19(28-2)12-20(16)25-21(17)15-3-6-18(23)7-4-15/h3-8,11-12,14H,9-10,13H2,1-2H3,(H,24,27). The zero-order chi connectivity index (χ0) is 19.7. The number of nitrogens with one attached hydrogen (secondary N) is 1. The average Bonchev–Trinajstić information content (AvgIpc) is 2.71. The molecular weight excluding hydrogens is 374 g/mol. The van der Waals surface area contributed by atoms with Gasteiger partial charge in [0.1, 0.15) is 5.75 Å². The van der Waals surface area contributed by atoms with Crippen LogP contribution in [-0.4, -0.2) is 42.0 Å². The first-order valence-electron chi connectivity index (χ1n) is 9.30. The molecular formula is C22H22ClN3O2. The number of amides is 1. The molecule has 3 aromatic rings. The maximum Gasteiger partial charge on any atom is 0.237 e. The highest BCUT2D eigenvalue weighted by Gasteiger charge is 2.26. The van der Waals surface area contributed by atoms with Gasteiger partial charge in [-0.25, -0.2) is 4.98 Å². The lowest BCUT2D eigenvalue weighted by Crippen LogP contribution is -2.53. The van der Waals surface area contributed by atoms with Crippen LogP contribution in [0.2, 0.25) is 5.02 Å². The van der Waals surface area contributed by atoms with Gasteiger partial charge in [0.25, 0.3) is 0 Å². The minimum absolute atomic E-state index is 0.0674. The summed E-state index contributed by atoms with van der Waals surface area (Å²) in [5.74, 6) is 0.842. The van der Waals surface area contributed by atoms with Crippen molar-refractivity contribution in [1.29, 1.82) is 0 Å². The molecule has 0 bridgehead atoms. The fourth-order valence-electron chi connectivity index (χ4n) is 3.56. The first-order chi connectivity index (χ1) is 13.5. The highest BCUT2D eigenvalue weighted by molar-refractivity contribution is 6.30. The number of fused-ring (bicyclic) bond motifs is 1. The van der Waals surface area contributed by atoms with Crippen molar-refractivity contribution in [2.24, 2.45) is 0 Å².